The minimum atomic E-state index is 0.617. The normalized spacial score (nSPS) is 15.7. The van der Waals surface area contributed by atoms with Crippen LogP contribution in [0, 0.1) is 12.8 Å². The summed E-state index contributed by atoms with van der Waals surface area (Å²) in [6.45, 7) is 3.40. The Morgan fingerprint density at radius 1 is 1.13 bits per heavy atom. The molecule has 1 aromatic carbocycles. The standard InChI is InChI=1S/C24H22ClN5O/c1-15-2-6-18(14-26-15)29-10-11-31-21-13-17(5-7-20(21)29)19-8-9-30-22(12-16-3-4-16)27-28-24(30)23(19)25/h2,5-9,13-14,16H,3-4,10-12H2,1H3. The van der Waals surface area contributed by atoms with Crippen molar-refractivity contribution in [2.24, 2.45) is 5.92 Å². The molecule has 1 aliphatic heterocycles. The van der Waals surface area contributed by atoms with Crippen molar-refractivity contribution in [2.75, 3.05) is 18.1 Å². The van der Waals surface area contributed by atoms with Gasteiger partial charge in [0.1, 0.15) is 18.2 Å². The van der Waals surface area contributed by atoms with Crippen LogP contribution in [0.3, 0.4) is 0 Å². The number of halogens is 1. The molecule has 156 valence electrons. The average molecular weight is 432 g/mol. The molecule has 0 spiro atoms. The first kappa shape index (κ1) is 18.6. The van der Waals surface area contributed by atoms with E-state index in [1.54, 1.807) is 0 Å². The van der Waals surface area contributed by atoms with Crippen LogP contribution in [0.2, 0.25) is 5.02 Å². The topological polar surface area (TPSA) is 55.6 Å². The molecule has 0 bridgehead atoms. The Kier molecular flexibility index (Phi) is 4.35. The van der Waals surface area contributed by atoms with Crippen molar-refractivity contribution < 1.29 is 4.74 Å². The molecule has 0 amide bonds. The van der Waals surface area contributed by atoms with Gasteiger partial charge < -0.3 is 9.64 Å². The molecule has 0 atom stereocenters. The summed E-state index contributed by atoms with van der Waals surface area (Å²) >= 11 is 6.78. The van der Waals surface area contributed by atoms with Crippen LogP contribution in [-0.2, 0) is 6.42 Å². The zero-order valence-electron chi connectivity index (χ0n) is 17.3. The SMILES string of the molecule is Cc1ccc(N2CCOc3cc(-c4ccn5c(CC6CC6)nnc5c4Cl)ccc32)cn1. The molecule has 4 heterocycles. The van der Waals surface area contributed by atoms with Gasteiger partial charge in [-0.05, 0) is 61.6 Å². The highest BCUT2D eigenvalue weighted by Gasteiger charge is 2.25. The molecule has 3 aromatic heterocycles. The average Bonchev–Trinajstić information content (AvgIpc) is 3.52. The van der Waals surface area contributed by atoms with E-state index in [2.05, 4.69) is 44.3 Å². The Morgan fingerprint density at radius 2 is 2.03 bits per heavy atom. The molecule has 0 unspecified atom stereocenters. The zero-order chi connectivity index (χ0) is 20.9. The van der Waals surface area contributed by atoms with E-state index in [1.807, 2.05) is 35.9 Å². The van der Waals surface area contributed by atoms with Gasteiger partial charge in [0.05, 0.1) is 29.1 Å². The lowest BCUT2D eigenvalue weighted by Crippen LogP contribution is -2.28. The number of aryl methyl sites for hydroxylation is 1. The summed E-state index contributed by atoms with van der Waals surface area (Å²) in [5, 5.41) is 9.37. The van der Waals surface area contributed by atoms with E-state index in [0.717, 1.165) is 58.7 Å². The third kappa shape index (κ3) is 3.31. The van der Waals surface area contributed by atoms with E-state index >= 15 is 0 Å². The van der Waals surface area contributed by atoms with Gasteiger partial charge in [0.2, 0.25) is 0 Å². The number of anilines is 2. The lowest BCUT2D eigenvalue weighted by Gasteiger charge is -2.31. The molecule has 7 heteroatoms. The van der Waals surface area contributed by atoms with Crippen LogP contribution in [0.25, 0.3) is 16.8 Å². The molecular weight excluding hydrogens is 410 g/mol. The van der Waals surface area contributed by atoms with E-state index in [1.165, 1.54) is 12.8 Å². The van der Waals surface area contributed by atoms with Crippen LogP contribution < -0.4 is 9.64 Å². The predicted molar refractivity (Wildman–Crippen MR) is 121 cm³/mol. The van der Waals surface area contributed by atoms with Crippen LogP contribution in [-0.4, -0.2) is 32.7 Å². The molecule has 31 heavy (non-hydrogen) atoms. The maximum Gasteiger partial charge on any atom is 0.180 e. The van der Waals surface area contributed by atoms with E-state index < -0.39 is 0 Å². The molecule has 1 saturated carbocycles. The molecular formula is C24H22ClN5O. The van der Waals surface area contributed by atoms with Gasteiger partial charge in [-0.15, -0.1) is 10.2 Å². The molecule has 0 N–H and O–H groups in total. The third-order valence-corrected chi connectivity index (χ3v) is 6.47. The first-order valence-corrected chi connectivity index (χ1v) is 11.0. The zero-order valence-corrected chi connectivity index (χ0v) is 18.0. The van der Waals surface area contributed by atoms with Crippen LogP contribution in [0.1, 0.15) is 24.4 Å². The number of nitrogens with zero attached hydrogens (tertiary/aromatic N) is 5. The summed E-state index contributed by atoms with van der Waals surface area (Å²) in [4.78, 5) is 6.68. The maximum atomic E-state index is 6.78. The summed E-state index contributed by atoms with van der Waals surface area (Å²) in [5.74, 6) is 2.58. The lowest BCUT2D eigenvalue weighted by atomic mass is 10.0. The first-order chi connectivity index (χ1) is 15.2. The minimum Gasteiger partial charge on any atom is -0.490 e. The largest absolute Gasteiger partial charge is 0.490 e. The number of hydrogen-bond donors (Lipinski definition) is 0. The van der Waals surface area contributed by atoms with Crippen LogP contribution in [0.4, 0.5) is 11.4 Å². The van der Waals surface area contributed by atoms with E-state index in [4.69, 9.17) is 16.3 Å². The van der Waals surface area contributed by atoms with Crippen molar-refractivity contribution in [2.45, 2.75) is 26.2 Å². The molecule has 6 rings (SSSR count). The number of rotatable bonds is 4. The Bertz CT molecular complexity index is 1280. The quantitative estimate of drug-likeness (QED) is 0.442. The second-order valence-corrected chi connectivity index (χ2v) is 8.72. The predicted octanol–water partition coefficient (Wildman–Crippen LogP) is 5.24. The highest BCUT2D eigenvalue weighted by molar-refractivity contribution is 6.36. The molecule has 6 nitrogen and oxygen atoms in total. The highest BCUT2D eigenvalue weighted by Crippen LogP contribution is 2.41. The molecule has 0 saturated heterocycles. The number of ether oxygens (including phenoxy) is 1. The maximum absolute atomic E-state index is 6.78. The fourth-order valence-electron chi connectivity index (χ4n) is 4.19. The molecule has 0 radical (unpaired) electrons. The number of aromatic nitrogens is 4. The number of benzene rings is 1. The van der Waals surface area contributed by atoms with Gasteiger partial charge in [0.15, 0.2) is 5.65 Å². The first-order valence-electron chi connectivity index (χ1n) is 10.7. The van der Waals surface area contributed by atoms with Gasteiger partial charge in [-0.1, -0.05) is 17.7 Å². The van der Waals surface area contributed by atoms with E-state index in [0.29, 0.717) is 17.3 Å². The van der Waals surface area contributed by atoms with Crippen LogP contribution in [0.5, 0.6) is 5.75 Å². The summed E-state index contributed by atoms with van der Waals surface area (Å²) in [6, 6.07) is 12.4. The van der Waals surface area contributed by atoms with Gasteiger partial charge in [0, 0.05) is 23.9 Å². The second kappa shape index (κ2) is 7.24. The molecule has 1 fully saturated rings. The van der Waals surface area contributed by atoms with Gasteiger partial charge in [-0.3, -0.25) is 9.38 Å². The monoisotopic (exact) mass is 431 g/mol. The van der Waals surface area contributed by atoms with Gasteiger partial charge in [0.25, 0.3) is 0 Å². The molecule has 4 aromatic rings. The van der Waals surface area contributed by atoms with Gasteiger partial charge in [-0.2, -0.15) is 0 Å². The Morgan fingerprint density at radius 3 is 2.84 bits per heavy atom. The van der Waals surface area contributed by atoms with Crippen molar-refractivity contribution in [3.8, 4) is 16.9 Å². The van der Waals surface area contributed by atoms with Crippen LogP contribution in [0.15, 0.2) is 48.8 Å². The van der Waals surface area contributed by atoms with Crippen LogP contribution >= 0.6 is 11.6 Å². The smallest absolute Gasteiger partial charge is 0.180 e. The summed E-state index contributed by atoms with van der Waals surface area (Å²) in [6.07, 6.45) is 7.47. The van der Waals surface area contributed by atoms with Crippen molar-refractivity contribution in [1.82, 2.24) is 19.6 Å². The summed E-state index contributed by atoms with van der Waals surface area (Å²) in [5.41, 5.74) is 5.75. The fourth-order valence-corrected chi connectivity index (χ4v) is 4.49. The van der Waals surface area contributed by atoms with Crippen molar-refractivity contribution in [1.29, 1.82) is 0 Å². The number of fused-ring (bicyclic) bond motifs is 2. The van der Waals surface area contributed by atoms with E-state index in [-0.39, 0.29) is 0 Å². The minimum absolute atomic E-state index is 0.617. The fraction of sp³-hybridized carbons (Fsp3) is 0.292. The Hall–Kier alpha value is -3.12. The molecule has 1 aliphatic carbocycles. The summed E-state index contributed by atoms with van der Waals surface area (Å²) < 4.78 is 8.02. The van der Waals surface area contributed by atoms with Gasteiger partial charge >= 0.3 is 0 Å². The van der Waals surface area contributed by atoms with Crippen molar-refractivity contribution >= 4 is 28.6 Å². The number of pyridine rings is 2. The lowest BCUT2D eigenvalue weighted by molar-refractivity contribution is 0.314. The highest BCUT2D eigenvalue weighted by atomic mass is 35.5. The Balaban J connectivity index is 1.37. The van der Waals surface area contributed by atoms with E-state index in [9.17, 15) is 0 Å². The van der Waals surface area contributed by atoms with Crippen molar-refractivity contribution in [3.63, 3.8) is 0 Å². The second-order valence-electron chi connectivity index (χ2n) is 8.34. The van der Waals surface area contributed by atoms with Gasteiger partial charge in [-0.25, -0.2) is 0 Å². The third-order valence-electron chi connectivity index (χ3n) is 6.10. The number of hydrogen-bond acceptors (Lipinski definition) is 5. The molecule has 2 aliphatic rings. The summed E-state index contributed by atoms with van der Waals surface area (Å²) in [7, 11) is 0. The Labute approximate surface area is 185 Å². The van der Waals surface area contributed by atoms with Crippen molar-refractivity contribution in [3.05, 3.63) is 65.3 Å².